The molecule has 2 amide bonds. The molecule has 13 heteroatoms. The number of amides is 2. The number of rotatable bonds is 7. The predicted molar refractivity (Wildman–Crippen MR) is 135 cm³/mol. The highest BCUT2D eigenvalue weighted by Gasteiger charge is 2.22. The van der Waals surface area contributed by atoms with Crippen molar-refractivity contribution in [1.82, 2.24) is 25.2 Å². The van der Waals surface area contributed by atoms with Gasteiger partial charge in [0.15, 0.2) is 5.82 Å². The molecule has 0 unspecified atom stereocenters. The molecule has 2 heterocycles. The van der Waals surface area contributed by atoms with E-state index in [-0.39, 0.29) is 5.69 Å². The number of aromatic nitrogens is 3. The highest BCUT2D eigenvalue weighted by atomic mass is 79.9. The largest absolute Gasteiger partial charge is 0.452 e. The third kappa shape index (κ3) is 6.33. The van der Waals surface area contributed by atoms with Gasteiger partial charge in [-0.3, -0.25) is 10.2 Å². The number of pyridine rings is 1. The zero-order valence-corrected chi connectivity index (χ0v) is 22.9. The highest BCUT2D eigenvalue weighted by Crippen LogP contribution is 2.32. The van der Waals surface area contributed by atoms with E-state index in [1.807, 2.05) is 19.1 Å². The Morgan fingerprint density at radius 2 is 2.00 bits per heavy atom. The number of nitrogens with one attached hydrogen (secondary N) is 2. The Hall–Kier alpha value is -1.99. The van der Waals surface area contributed by atoms with Crippen molar-refractivity contribution in [3.05, 3.63) is 66.4 Å². The van der Waals surface area contributed by atoms with Gasteiger partial charge in [0.2, 0.25) is 0 Å². The summed E-state index contributed by atoms with van der Waals surface area (Å²) in [6, 6.07) is 8.59. The molecule has 0 atom stereocenters. The molecule has 3 aromatic rings. The predicted octanol–water partition coefficient (Wildman–Crippen LogP) is 5.55. The lowest BCUT2D eigenvalue weighted by atomic mass is 10.1. The molecule has 0 saturated heterocycles. The van der Waals surface area contributed by atoms with Gasteiger partial charge >= 0.3 is 6.09 Å². The molecule has 0 aliphatic heterocycles. The van der Waals surface area contributed by atoms with E-state index in [9.17, 15) is 9.59 Å². The molecule has 0 spiro atoms. The number of benzene rings is 1. The summed E-state index contributed by atoms with van der Waals surface area (Å²) in [6.45, 7) is 2.69. The maximum Gasteiger partial charge on any atom is 0.421 e. The van der Waals surface area contributed by atoms with Gasteiger partial charge in [0.1, 0.15) is 10.3 Å². The molecular weight excluding hydrogens is 647 g/mol. The van der Waals surface area contributed by atoms with E-state index in [1.165, 1.54) is 11.8 Å². The number of hydrazine groups is 1. The lowest BCUT2D eigenvalue weighted by molar-refractivity contribution is 0.101. The molecule has 0 aliphatic carbocycles. The average molecular weight is 666 g/mol. The van der Waals surface area contributed by atoms with Crippen LogP contribution in [-0.4, -0.2) is 45.4 Å². The molecule has 3 rings (SSSR count). The van der Waals surface area contributed by atoms with Crippen LogP contribution in [0.4, 0.5) is 10.5 Å². The van der Waals surface area contributed by atoms with Crippen molar-refractivity contribution in [3.63, 3.8) is 0 Å². The SMILES string of the molecule is CCN(Cc1cc(Br)cc(Br)c1NC(=O)c1cc(Br)nn1-c1ncccc1Cl)NC(=O)OC. The van der Waals surface area contributed by atoms with Crippen molar-refractivity contribution in [2.45, 2.75) is 13.5 Å². The standard InChI is InChI=1S/C20H18Br3ClN6O3/c1-3-29(28-20(32)33-2)10-11-7-12(21)8-13(22)17(11)26-19(31)15-9-16(23)27-30(15)18-14(24)5-4-6-25-18/h4-9H,3,10H2,1-2H3,(H,26,31)(H,28,32). The van der Waals surface area contributed by atoms with E-state index in [2.05, 4.69) is 73.4 Å². The van der Waals surface area contributed by atoms with E-state index in [1.54, 1.807) is 29.4 Å². The third-order valence-corrected chi connectivity index (χ3v) is 6.17. The van der Waals surface area contributed by atoms with Gasteiger partial charge in [0.25, 0.3) is 5.91 Å². The van der Waals surface area contributed by atoms with E-state index in [0.29, 0.717) is 38.7 Å². The Morgan fingerprint density at radius 1 is 1.24 bits per heavy atom. The first-order chi connectivity index (χ1) is 15.7. The number of anilines is 1. The monoisotopic (exact) mass is 662 g/mol. The fourth-order valence-corrected chi connectivity index (χ4v) is 4.88. The summed E-state index contributed by atoms with van der Waals surface area (Å²) < 4.78 is 7.94. The van der Waals surface area contributed by atoms with Gasteiger partial charge in [-0.1, -0.05) is 34.5 Å². The van der Waals surface area contributed by atoms with Gasteiger partial charge in [-0.05, 0) is 61.7 Å². The van der Waals surface area contributed by atoms with Crippen molar-refractivity contribution in [1.29, 1.82) is 0 Å². The molecule has 0 radical (unpaired) electrons. The Labute approximate surface area is 220 Å². The van der Waals surface area contributed by atoms with Gasteiger partial charge in [-0.2, -0.15) is 5.10 Å². The summed E-state index contributed by atoms with van der Waals surface area (Å²) in [4.78, 5) is 29.2. The molecular formula is C20H18Br3ClN6O3. The summed E-state index contributed by atoms with van der Waals surface area (Å²) in [6.07, 6.45) is 0.979. The minimum absolute atomic E-state index is 0.225. The van der Waals surface area contributed by atoms with Crippen molar-refractivity contribution < 1.29 is 14.3 Å². The summed E-state index contributed by atoms with van der Waals surface area (Å²) >= 11 is 16.6. The number of halogens is 4. The third-order valence-electron chi connectivity index (χ3n) is 4.40. The van der Waals surface area contributed by atoms with Gasteiger partial charge in [0.05, 0.1) is 17.8 Å². The molecule has 9 nitrogen and oxygen atoms in total. The lowest BCUT2D eigenvalue weighted by Gasteiger charge is -2.23. The number of nitrogens with zero attached hydrogens (tertiary/aromatic N) is 4. The Kier molecular flexibility index (Phi) is 8.88. The summed E-state index contributed by atoms with van der Waals surface area (Å²) in [5.74, 6) is -0.104. The Balaban J connectivity index is 1.95. The zero-order chi connectivity index (χ0) is 24.1. The first-order valence-electron chi connectivity index (χ1n) is 9.48. The van der Waals surface area contributed by atoms with Gasteiger partial charge in [-0.15, -0.1) is 0 Å². The summed E-state index contributed by atoms with van der Waals surface area (Å²) in [5.41, 5.74) is 4.14. The normalized spacial score (nSPS) is 10.9. The minimum Gasteiger partial charge on any atom is -0.452 e. The first kappa shape index (κ1) is 25.6. The van der Waals surface area contributed by atoms with Crippen LogP contribution in [0, 0.1) is 0 Å². The number of carbonyl (C=O) groups excluding carboxylic acids is 2. The van der Waals surface area contributed by atoms with Crippen LogP contribution in [-0.2, 0) is 11.3 Å². The van der Waals surface area contributed by atoms with Crippen LogP contribution in [0.2, 0.25) is 5.02 Å². The minimum atomic E-state index is -0.586. The highest BCUT2D eigenvalue weighted by molar-refractivity contribution is 9.11. The topological polar surface area (TPSA) is 101 Å². The van der Waals surface area contributed by atoms with Crippen LogP contribution < -0.4 is 10.7 Å². The van der Waals surface area contributed by atoms with E-state index in [4.69, 9.17) is 11.6 Å². The van der Waals surface area contributed by atoms with E-state index >= 15 is 0 Å². The van der Waals surface area contributed by atoms with Crippen molar-refractivity contribution in [3.8, 4) is 5.82 Å². The van der Waals surface area contributed by atoms with E-state index in [0.717, 1.165) is 10.0 Å². The number of hydrogen-bond acceptors (Lipinski definition) is 6. The molecule has 33 heavy (non-hydrogen) atoms. The zero-order valence-electron chi connectivity index (χ0n) is 17.4. The fraction of sp³-hybridized carbons (Fsp3) is 0.200. The van der Waals surface area contributed by atoms with Crippen molar-refractivity contribution in [2.24, 2.45) is 0 Å². The number of carbonyl (C=O) groups is 2. The first-order valence-corrected chi connectivity index (χ1v) is 12.2. The molecule has 1 aromatic carbocycles. The molecule has 2 N–H and O–H groups in total. The summed E-state index contributed by atoms with van der Waals surface area (Å²) in [5, 5.41) is 9.24. The Bertz CT molecular complexity index is 1190. The van der Waals surface area contributed by atoms with E-state index < -0.39 is 12.0 Å². The smallest absolute Gasteiger partial charge is 0.421 e. The van der Waals surface area contributed by atoms with Crippen LogP contribution in [0.1, 0.15) is 23.0 Å². The second-order valence-corrected chi connectivity index (χ2v) is 9.56. The van der Waals surface area contributed by atoms with Gasteiger partial charge in [0, 0.05) is 34.3 Å². The molecule has 0 saturated carbocycles. The second kappa shape index (κ2) is 11.4. The van der Waals surface area contributed by atoms with Crippen LogP contribution in [0.15, 0.2) is 50.1 Å². The number of ether oxygens (including phenoxy) is 1. The molecule has 0 aliphatic rings. The van der Waals surface area contributed by atoms with Crippen molar-refractivity contribution >= 4 is 77.1 Å². The van der Waals surface area contributed by atoms with Crippen LogP contribution in [0.5, 0.6) is 0 Å². The molecule has 0 bridgehead atoms. The maximum absolute atomic E-state index is 13.3. The van der Waals surface area contributed by atoms with Gasteiger partial charge < -0.3 is 10.1 Å². The molecule has 174 valence electrons. The maximum atomic E-state index is 13.3. The summed E-state index contributed by atoms with van der Waals surface area (Å²) in [7, 11) is 1.29. The van der Waals surface area contributed by atoms with Crippen molar-refractivity contribution in [2.75, 3.05) is 19.0 Å². The Morgan fingerprint density at radius 3 is 2.67 bits per heavy atom. The van der Waals surface area contributed by atoms with Crippen LogP contribution >= 0.6 is 59.4 Å². The molecule has 2 aromatic heterocycles. The average Bonchev–Trinajstić information content (AvgIpc) is 3.17. The van der Waals surface area contributed by atoms with Crippen LogP contribution in [0.25, 0.3) is 5.82 Å². The fourth-order valence-electron chi connectivity index (χ4n) is 2.89. The lowest BCUT2D eigenvalue weighted by Crippen LogP contribution is -2.41. The number of methoxy groups -OCH3 is 1. The molecule has 0 fully saturated rings. The quantitative estimate of drug-likeness (QED) is 0.321. The number of hydrogen-bond donors (Lipinski definition) is 2. The second-order valence-electron chi connectivity index (χ2n) is 6.57. The van der Waals surface area contributed by atoms with Gasteiger partial charge in [-0.25, -0.2) is 19.5 Å². The van der Waals surface area contributed by atoms with Crippen LogP contribution in [0.3, 0.4) is 0 Å².